The van der Waals surface area contributed by atoms with Crippen LogP contribution in [0, 0.1) is 0 Å². The maximum absolute atomic E-state index is 12.8. The van der Waals surface area contributed by atoms with E-state index in [2.05, 4.69) is 15.9 Å². The maximum Gasteiger partial charge on any atom is 0.325 e. The summed E-state index contributed by atoms with van der Waals surface area (Å²) in [5.74, 6) is -2.09. The Hall–Kier alpha value is -1.70. The lowest BCUT2D eigenvalue weighted by Crippen LogP contribution is -2.39. The number of hydrogen-bond donors (Lipinski definition) is 2. The van der Waals surface area contributed by atoms with Gasteiger partial charge < -0.3 is 10.8 Å². The Kier molecular flexibility index (Phi) is 3.82. The highest BCUT2D eigenvalue weighted by Gasteiger charge is 2.74. The Morgan fingerprint density at radius 2 is 1.65 bits per heavy atom. The molecule has 3 atom stereocenters. The lowest BCUT2D eigenvalue weighted by atomic mass is 10.1. The molecule has 3 N–H and O–H groups in total. The van der Waals surface area contributed by atoms with Gasteiger partial charge in [-0.25, -0.2) is 8.42 Å². The number of nitrogens with two attached hydrogens (primary N) is 1. The van der Waals surface area contributed by atoms with E-state index in [4.69, 9.17) is 5.73 Å². The van der Waals surface area contributed by atoms with E-state index in [1.165, 1.54) is 12.1 Å². The van der Waals surface area contributed by atoms with Gasteiger partial charge >= 0.3 is 5.97 Å². The van der Waals surface area contributed by atoms with Crippen molar-refractivity contribution in [3.05, 3.63) is 64.6 Å². The molecule has 0 radical (unpaired) electrons. The Morgan fingerprint density at radius 3 is 2.17 bits per heavy atom. The Morgan fingerprint density at radius 1 is 1.09 bits per heavy atom. The van der Waals surface area contributed by atoms with Crippen LogP contribution in [-0.2, 0) is 14.6 Å². The van der Waals surface area contributed by atoms with Crippen LogP contribution in [0.25, 0.3) is 0 Å². The van der Waals surface area contributed by atoms with Gasteiger partial charge in [0.25, 0.3) is 0 Å². The highest BCUT2D eigenvalue weighted by molar-refractivity contribution is 9.10. The van der Waals surface area contributed by atoms with Crippen LogP contribution >= 0.6 is 15.9 Å². The molecule has 1 aliphatic carbocycles. The monoisotopic (exact) mass is 395 g/mol. The number of sulfone groups is 1. The molecule has 7 heteroatoms. The lowest BCUT2D eigenvalue weighted by Gasteiger charge is -2.06. The van der Waals surface area contributed by atoms with Crippen LogP contribution in [0.2, 0.25) is 0 Å². The van der Waals surface area contributed by atoms with Gasteiger partial charge in [-0.3, -0.25) is 4.79 Å². The predicted molar refractivity (Wildman–Crippen MR) is 88.9 cm³/mol. The molecule has 120 valence electrons. The van der Waals surface area contributed by atoms with E-state index in [1.807, 2.05) is 0 Å². The molecule has 0 bridgehead atoms. The molecule has 0 amide bonds. The Balaban J connectivity index is 2.07. The van der Waals surface area contributed by atoms with Crippen molar-refractivity contribution < 1.29 is 18.3 Å². The molecule has 5 nitrogen and oxygen atoms in total. The summed E-state index contributed by atoms with van der Waals surface area (Å²) in [6.07, 6.45) is 0. The van der Waals surface area contributed by atoms with Crippen molar-refractivity contribution in [3.8, 4) is 0 Å². The van der Waals surface area contributed by atoms with Crippen LogP contribution in [0.1, 0.15) is 11.5 Å². The molecule has 0 aliphatic heterocycles. The van der Waals surface area contributed by atoms with Crippen LogP contribution < -0.4 is 5.73 Å². The minimum absolute atomic E-state index is 0.0840. The predicted octanol–water partition coefficient (Wildman–Crippen LogP) is 2.17. The number of carboxylic acid groups (broad SMARTS) is 1. The molecule has 1 aliphatic rings. The minimum atomic E-state index is -3.84. The van der Waals surface area contributed by atoms with Gasteiger partial charge in [0, 0.05) is 10.4 Å². The van der Waals surface area contributed by atoms with Crippen molar-refractivity contribution in [2.45, 2.75) is 21.6 Å². The molecule has 0 aromatic heterocycles. The van der Waals surface area contributed by atoms with Crippen molar-refractivity contribution in [2.24, 2.45) is 5.73 Å². The summed E-state index contributed by atoms with van der Waals surface area (Å²) in [5, 5.41) is 8.30. The molecule has 23 heavy (non-hydrogen) atoms. The average Bonchev–Trinajstić information content (AvgIpc) is 3.18. The van der Waals surface area contributed by atoms with Gasteiger partial charge in [-0.15, -0.1) is 0 Å². The number of carbonyl (C=O) groups is 1. The SMILES string of the molecule is NC1(C(=O)O)C(c2ccc(Br)cc2)C1S(=O)(=O)c1ccccc1. The van der Waals surface area contributed by atoms with Gasteiger partial charge in [-0.1, -0.05) is 46.3 Å². The van der Waals surface area contributed by atoms with Crippen molar-refractivity contribution in [3.63, 3.8) is 0 Å². The largest absolute Gasteiger partial charge is 0.480 e. The molecule has 1 saturated carbocycles. The highest BCUT2D eigenvalue weighted by Crippen LogP contribution is 2.55. The summed E-state index contributed by atoms with van der Waals surface area (Å²) in [6.45, 7) is 0. The number of hydrogen-bond acceptors (Lipinski definition) is 4. The lowest BCUT2D eigenvalue weighted by molar-refractivity contribution is -0.139. The second-order valence-corrected chi connectivity index (χ2v) is 8.53. The summed E-state index contributed by atoms with van der Waals surface area (Å²) >= 11 is 3.30. The summed E-state index contributed by atoms with van der Waals surface area (Å²) < 4.78 is 26.4. The third-order valence-electron chi connectivity index (χ3n) is 4.18. The smallest absolute Gasteiger partial charge is 0.325 e. The zero-order valence-electron chi connectivity index (χ0n) is 11.9. The topological polar surface area (TPSA) is 97.5 Å². The van der Waals surface area contributed by atoms with Gasteiger partial charge in [0.1, 0.15) is 10.8 Å². The molecule has 2 aromatic rings. The van der Waals surface area contributed by atoms with Crippen LogP contribution in [0.3, 0.4) is 0 Å². The van der Waals surface area contributed by atoms with Crippen LogP contribution in [0.5, 0.6) is 0 Å². The molecule has 0 spiro atoms. The number of benzene rings is 2. The normalized spacial score (nSPS) is 26.7. The molecular formula is C16H14BrNO4S. The van der Waals surface area contributed by atoms with E-state index in [0.29, 0.717) is 5.56 Å². The molecule has 1 fully saturated rings. The van der Waals surface area contributed by atoms with Crippen LogP contribution in [-0.4, -0.2) is 30.3 Å². The number of halogens is 1. The third-order valence-corrected chi connectivity index (χ3v) is 6.97. The van der Waals surface area contributed by atoms with Crippen LogP contribution in [0.4, 0.5) is 0 Å². The van der Waals surface area contributed by atoms with Crippen LogP contribution in [0.15, 0.2) is 64.0 Å². The highest BCUT2D eigenvalue weighted by atomic mass is 79.9. The quantitative estimate of drug-likeness (QED) is 0.826. The maximum atomic E-state index is 12.8. The third kappa shape index (κ3) is 2.49. The summed E-state index contributed by atoms with van der Waals surface area (Å²) in [6, 6.07) is 14.7. The van der Waals surface area contributed by atoms with Gasteiger partial charge in [0.15, 0.2) is 9.84 Å². The second kappa shape index (κ2) is 5.43. The van der Waals surface area contributed by atoms with Gasteiger partial charge in [-0.2, -0.15) is 0 Å². The number of aliphatic carboxylic acids is 1. The number of carboxylic acids is 1. The Bertz CT molecular complexity index is 851. The van der Waals surface area contributed by atoms with Crippen molar-refractivity contribution >= 4 is 31.7 Å². The first-order chi connectivity index (χ1) is 10.8. The summed E-state index contributed by atoms with van der Waals surface area (Å²) in [5.41, 5.74) is 4.76. The van der Waals surface area contributed by atoms with E-state index in [-0.39, 0.29) is 4.90 Å². The fraction of sp³-hybridized carbons (Fsp3) is 0.188. The Labute approximate surface area is 142 Å². The van der Waals surface area contributed by atoms with Crippen molar-refractivity contribution in [2.75, 3.05) is 0 Å². The van der Waals surface area contributed by atoms with Gasteiger partial charge in [-0.05, 0) is 29.8 Å². The molecule has 0 heterocycles. The summed E-state index contributed by atoms with van der Waals surface area (Å²) in [7, 11) is -3.84. The van der Waals surface area contributed by atoms with E-state index in [0.717, 1.165) is 4.47 Å². The van der Waals surface area contributed by atoms with Crippen molar-refractivity contribution in [1.82, 2.24) is 0 Å². The van der Waals surface area contributed by atoms with E-state index in [9.17, 15) is 18.3 Å². The molecule has 3 rings (SSSR count). The number of rotatable bonds is 4. The molecule has 3 unspecified atom stereocenters. The summed E-state index contributed by atoms with van der Waals surface area (Å²) in [4.78, 5) is 11.7. The first-order valence-corrected chi connectivity index (χ1v) is 9.20. The van der Waals surface area contributed by atoms with E-state index >= 15 is 0 Å². The van der Waals surface area contributed by atoms with Crippen molar-refractivity contribution in [1.29, 1.82) is 0 Å². The fourth-order valence-corrected chi connectivity index (χ4v) is 5.46. The molecule has 2 aromatic carbocycles. The van der Waals surface area contributed by atoms with E-state index in [1.54, 1.807) is 42.5 Å². The second-order valence-electron chi connectivity index (χ2n) is 5.55. The average molecular weight is 396 g/mol. The first kappa shape index (κ1) is 16.2. The minimum Gasteiger partial charge on any atom is -0.480 e. The zero-order chi connectivity index (χ0) is 16.8. The van der Waals surface area contributed by atoms with Gasteiger partial charge in [0.2, 0.25) is 0 Å². The molecular weight excluding hydrogens is 382 g/mol. The zero-order valence-corrected chi connectivity index (χ0v) is 14.3. The van der Waals surface area contributed by atoms with Gasteiger partial charge in [0.05, 0.1) is 4.90 Å². The first-order valence-electron chi connectivity index (χ1n) is 6.86. The van der Waals surface area contributed by atoms with E-state index < -0.39 is 32.5 Å². The standard InChI is InChI=1S/C16H14BrNO4S/c17-11-8-6-10(7-9-11)13-14(16(13,18)15(19)20)23(21,22)12-4-2-1-3-5-12/h1-9,13-14H,18H2,(H,19,20). The molecule has 0 saturated heterocycles. The fourth-order valence-electron chi connectivity index (χ4n) is 2.94.